The molecule has 1 aromatic rings. The topological polar surface area (TPSA) is 66.8 Å². The molecule has 0 aliphatic rings. The molecule has 0 aliphatic heterocycles. The van der Waals surface area contributed by atoms with Crippen molar-refractivity contribution in [1.29, 1.82) is 0 Å². The lowest BCUT2D eigenvalue weighted by Gasteiger charge is -2.14. The summed E-state index contributed by atoms with van der Waals surface area (Å²) >= 11 is 11.9. The number of ether oxygens (including phenoxy) is 1. The number of aliphatic hydroxyl groups is 1. The monoisotopic (exact) mass is 292 g/mol. The highest BCUT2D eigenvalue weighted by Crippen LogP contribution is 2.35. The van der Waals surface area contributed by atoms with Gasteiger partial charge in [0.05, 0.1) is 23.3 Å². The van der Waals surface area contributed by atoms with E-state index in [2.05, 4.69) is 0 Å². The minimum absolute atomic E-state index is 0.0125. The zero-order valence-electron chi connectivity index (χ0n) is 9.82. The molecule has 1 atom stereocenters. The van der Waals surface area contributed by atoms with Gasteiger partial charge in [0.2, 0.25) is 0 Å². The summed E-state index contributed by atoms with van der Waals surface area (Å²) in [6, 6.07) is 3.06. The molecule has 18 heavy (non-hydrogen) atoms. The van der Waals surface area contributed by atoms with Crippen molar-refractivity contribution in [2.45, 2.75) is 25.4 Å². The van der Waals surface area contributed by atoms with Crippen LogP contribution in [0.4, 0.5) is 0 Å². The number of carboxylic acids is 1. The summed E-state index contributed by atoms with van der Waals surface area (Å²) < 4.78 is 5.00. The minimum Gasteiger partial charge on any atom is -0.495 e. The Kier molecular flexibility index (Phi) is 5.72. The molecule has 0 spiro atoms. The Hall–Kier alpha value is -0.970. The van der Waals surface area contributed by atoms with Gasteiger partial charge in [-0.3, -0.25) is 4.79 Å². The molecule has 0 saturated carbocycles. The average molecular weight is 293 g/mol. The van der Waals surface area contributed by atoms with Crippen LogP contribution in [0.2, 0.25) is 10.0 Å². The Labute approximate surface area is 115 Å². The van der Waals surface area contributed by atoms with Crippen molar-refractivity contribution in [2.24, 2.45) is 0 Å². The van der Waals surface area contributed by atoms with Crippen molar-refractivity contribution in [3.8, 4) is 5.75 Å². The maximum absolute atomic E-state index is 10.4. The SMILES string of the molecule is COc1cc(Cl)c([C@H](O)CCCC(=O)O)cc1Cl. The van der Waals surface area contributed by atoms with Crippen molar-refractivity contribution in [3.05, 3.63) is 27.7 Å². The number of aliphatic hydroxyl groups excluding tert-OH is 1. The zero-order chi connectivity index (χ0) is 13.7. The number of methoxy groups -OCH3 is 1. The van der Waals surface area contributed by atoms with Gasteiger partial charge in [-0.15, -0.1) is 0 Å². The minimum atomic E-state index is -0.888. The lowest BCUT2D eigenvalue weighted by atomic mass is 10.0. The summed E-state index contributed by atoms with van der Waals surface area (Å²) in [5.41, 5.74) is 0.479. The number of halogens is 2. The van der Waals surface area contributed by atoms with E-state index in [1.54, 1.807) is 0 Å². The molecule has 4 nitrogen and oxygen atoms in total. The first-order chi connectivity index (χ1) is 8.45. The Morgan fingerprint density at radius 3 is 2.61 bits per heavy atom. The van der Waals surface area contributed by atoms with Gasteiger partial charge in [-0.1, -0.05) is 23.2 Å². The molecule has 0 radical (unpaired) electrons. The summed E-state index contributed by atoms with van der Waals surface area (Å²) in [5.74, 6) is -0.454. The molecule has 0 amide bonds. The van der Waals surface area contributed by atoms with E-state index in [0.29, 0.717) is 34.2 Å². The molecule has 0 heterocycles. The fourth-order valence-electron chi connectivity index (χ4n) is 1.56. The van der Waals surface area contributed by atoms with Crippen LogP contribution in [-0.4, -0.2) is 23.3 Å². The maximum atomic E-state index is 10.4. The highest BCUT2D eigenvalue weighted by atomic mass is 35.5. The van der Waals surface area contributed by atoms with Gasteiger partial charge in [0.25, 0.3) is 0 Å². The lowest BCUT2D eigenvalue weighted by molar-refractivity contribution is -0.137. The van der Waals surface area contributed by atoms with Gasteiger partial charge in [-0.05, 0) is 18.9 Å². The molecule has 1 rings (SSSR count). The molecule has 0 bridgehead atoms. The summed E-state index contributed by atoms with van der Waals surface area (Å²) in [4.78, 5) is 10.4. The third-order valence-electron chi connectivity index (χ3n) is 2.50. The van der Waals surface area contributed by atoms with Crippen LogP contribution in [-0.2, 0) is 4.79 Å². The van der Waals surface area contributed by atoms with Crippen LogP contribution in [0.5, 0.6) is 5.75 Å². The number of rotatable bonds is 6. The second-order valence-electron chi connectivity index (χ2n) is 3.81. The lowest BCUT2D eigenvalue weighted by Crippen LogP contribution is -2.02. The number of carbonyl (C=O) groups is 1. The van der Waals surface area contributed by atoms with E-state index in [4.69, 9.17) is 33.0 Å². The predicted octanol–water partition coefficient (Wildman–Crippen LogP) is 3.29. The Morgan fingerprint density at radius 1 is 1.39 bits per heavy atom. The van der Waals surface area contributed by atoms with E-state index >= 15 is 0 Å². The number of hydrogen-bond acceptors (Lipinski definition) is 3. The van der Waals surface area contributed by atoms with Gasteiger partial charge in [0, 0.05) is 18.1 Å². The number of benzene rings is 1. The van der Waals surface area contributed by atoms with Crippen molar-refractivity contribution in [1.82, 2.24) is 0 Å². The summed E-state index contributed by atoms with van der Waals surface area (Å²) in [6.07, 6.45) is -0.135. The number of hydrogen-bond donors (Lipinski definition) is 2. The maximum Gasteiger partial charge on any atom is 0.303 e. The van der Waals surface area contributed by atoms with Crippen molar-refractivity contribution in [3.63, 3.8) is 0 Å². The van der Waals surface area contributed by atoms with Gasteiger partial charge < -0.3 is 14.9 Å². The second-order valence-corrected chi connectivity index (χ2v) is 4.62. The van der Waals surface area contributed by atoms with Crippen LogP contribution < -0.4 is 4.74 Å². The predicted molar refractivity (Wildman–Crippen MR) is 69.5 cm³/mol. The smallest absolute Gasteiger partial charge is 0.303 e. The molecular weight excluding hydrogens is 279 g/mol. The standard InChI is InChI=1S/C12H14Cl2O4/c1-18-11-6-8(13)7(5-9(11)14)10(15)3-2-4-12(16)17/h5-6,10,15H,2-4H2,1H3,(H,16,17)/t10-/m1/s1. The highest BCUT2D eigenvalue weighted by Gasteiger charge is 2.15. The largest absolute Gasteiger partial charge is 0.495 e. The van der Waals surface area contributed by atoms with Crippen LogP contribution in [0.3, 0.4) is 0 Å². The van der Waals surface area contributed by atoms with E-state index in [-0.39, 0.29) is 6.42 Å². The second kappa shape index (κ2) is 6.83. The first-order valence-corrected chi connectivity index (χ1v) is 6.14. The molecule has 0 aromatic heterocycles. The highest BCUT2D eigenvalue weighted by molar-refractivity contribution is 6.34. The quantitative estimate of drug-likeness (QED) is 0.844. The van der Waals surface area contributed by atoms with Crippen molar-refractivity contribution >= 4 is 29.2 Å². The first-order valence-electron chi connectivity index (χ1n) is 5.38. The molecule has 0 saturated heterocycles. The van der Waals surface area contributed by atoms with E-state index in [9.17, 15) is 9.90 Å². The fourth-order valence-corrected chi connectivity index (χ4v) is 2.09. The molecule has 0 aliphatic carbocycles. The normalized spacial score (nSPS) is 12.2. The Bertz CT molecular complexity index is 434. The number of aliphatic carboxylic acids is 1. The Morgan fingerprint density at radius 2 is 2.06 bits per heavy atom. The van der Waals surface area contributed by atoms with Crippen LogP contribution in [0.25, 0.3) is 0 Å². The fraction of sp³-hybridized carbons (Fsp3) is 0.417. The van der Waals surface area contributed by atoms with Crippen LogP contribution in [0.1, 0.15) is 30.9 Å². The van der Waals surface area contributed by atoms with Gasteiger partial charge in [-0.25, -0.2) is 0 Å². The van der Waals surface area contributed by atoms with E-state index < -0.39 is 12.1 Å². The van der Waals surface area contributed by atoms with E-state index in [0.717, 1.165) is 0 Å². The molecule has 1 aromatic carbocycles. The van der Waals surface area contributed by atoms with Gasteiger partial charge in [-0.2, -0.15) is 0 Å². The third kappa shape index (κ3) is 4.05. The Balaban J connectivity index is 2.76. The van der Waals surface area contributed by atoms with E-state index in [1.165, 1.54) is 19.2 Å². The third-order valence-corrected chi connectivity index (χ3v) is 3.12. The molecule has 2 N–H and O–H groups in total. The summed E-state index contributed by atoms with van der Waals surface area (Å²) in [6.45, 7) is 0. The van der Waals surface area contributed by atoms with Crippen molar-refractivity contribution in [2.75, 3.05) is 7.11 Å². The molecule has 6 heteroatoms. The molecule has 0 unspecified atom stereocenters. The molecular formula is C12H14Cl2O4. The van der Waals surface area contributed by atoms with Crippen molar-refractivity contribution < 1.29 is 19.7 Å². The van der Waals surface area contributed by atoms with Gasteiger partial charge in [0.15, 0.2) is 0 Å². The molecule has 100 valence electrons. The van der Waals surface area contributed by atoms with Gasteiger partial charge in [0.1, 0.15) is 5.75 Å². The average Bonchev–Trinajstić information content (AvgIpc) is 2.30. The van der Waals surface area contributed by atoms with Gasteiger partial charge >= 0.3 is 5.97 Å². The first kappa shape index (κ1) is 15.1. The summed E-state index contributed by atoms with van der Waals surface area (Å²) in [5, 5.41) is 19.1. The zero-order valence-corrected chi connectivity index (χ0v) is 11.3. The van der Waals surface area contributed by atoms with E-state index in [1.807, 2.05) is 0 Å². The number of carboxylic acid groups (broad SMARTS) is 1. The van der Waals surface area contributed by atoms with Crippen LogP contribution in [0, 0.1) is 0 Å². The molecule has 0 fully saturated rings. The van der Waals surface area contributed by atoms with Crippen LogP contribution >= 0.6 is 23.2 Å². The summed E-state index contributed by atoms with van der Waals surface area (Å²) in [7, 11) is 1.47. The van der Waals surface area contributed by atoms with Crippen LogP contribution in [0.15, 0.2) is 12.1 Å².